The second-order valence-electron chi connectivity index (χ2n) is 4.47. The molecule has 0 aromatic carbocycles. The number of thiophene rings is 1. The molecule has 94 valence electrons. The van der Waals surface area contributed by atoms with Gasteiger partial charge in [0.25, 0.3) is 5.91 Å². The zero-order valence-corrected chi connectivity index (χ0v) is 10.7. The third kappa shape index (κ3) is 2.79. The van der Waals surface area contributed by atoms with Crippen molar-refractivity contribution in [2.45, 2.75) is 19.3 Å². The molecule has 1 aromatic heterocycles. The predicted molar refractivity (Wildman–Crippen MR) is 66.6 cm³/mol. The molecule has 1 saturated carbocycles. The SMILES string of the molecule is COc1ccsc1C(=O)NCC1(CCO)CC1. The van der Waals surface area contributed by atoms with Gasteiger partial charge in [0.05, 0.1) is 7.11 Å². The summed E-state index contributed by atoms with van der Waals surface area (Å²) in [6, 6.07) is 1.79. The number of methoxy groups -OCH3 is 1. The van der Waals surface area contributed by atoms with Gasteiger partial charge in [-0.15, -0.1) is 11.3 Å². The van der Waals surface area contributed by atoms with E-state index in [1.807, 2.05) is 5.38 Å². The van der Waals surface area contributed by atoms with Crippen LogP contribution in [0.5, 0.6) is 5.75 Å². The summed E-state index contributed by atoms with van der Waals surface area (Å²) in [6.45, 7) is 0.839. The first-order chi connectivity index (χ1) is 8.21. The van der Waals surface area contributed by atoms with E-state index in [0.29, 0.717) is 17.2 Å². The van der Waals surface area contributed by atoms with E-state index in [1.54, 1.807) is 13.2 Å². The van der Waals surface area contributed by atoms with Crippen LogP contribution in [0.15, 0.2) is 11.4 Å². The Morgan fingerprint density at radius 1 is 1.65 bits per heavy atom. The summed E-state index contributed by atoms with van der Waals surface area (Å²) in [5.74, 6) is 0.542. The van der Waals surface area contributed by atoms with Crippen molar-refractivity contribution in [3.05, 3.63) is 16.3 Å². The molecule has 4 nitrogen and oxygen atoms in total. The molecule has 0 unspecified atom stereocenters. The topological polar surface area (TPSA) is 58.6 Å². The molecule has 0 aliphatic heterocycles. The Bertz CT molecular complexity index is 398. The van der Waals surface area contributed by atoms with Crippen LogP contribution in [0.25, 0.3) is 0 Å². The standard InChI is InChI=1S/C12H17NO3S/c1-16-9-2-7-17-10(9)11(15)13-8-12(3-4-12)5-6-14/h2,7,14H,3-6,8H2,1H3,(H,13,15). The summed E-state index contributed by atoms with van der Waals surface area (Å²) in [7, 11) is 1.56. The monoisotopic (exact) mass is 255 g/mol. The zero-order chi connectivity index (χ0) is 12.3. The number of hydrogen-bond donors (Lipinski definition) is 2. The van der Waals surface area contributed by atoms with Gasteiger partial charge in [0.15, 0.2) is 0 Å². The number of aliphatic hydroxyl groups excluding tert-OH is 1. The van der Waals surface area contributed by atoms with Gasteiger partial charge in [-0.2, -0.15) is 0 Å². The average Bonchev–Trinajstić information content (AvgIpc) is 2.93. The lowest BCUT2D eigenvalue weighted by Gasteiger charge is -2.14. The van der Waals surface area contributed by atoms with Gasteiger partial charge >= 0.3 is 0 Å². The van der Waals surface area contributed by atoms with Crippen molar-refractivity contribution in [3.8, 4) is 5.75 Å². The number of hydrogen-bond acceptors (Lipinski definition) is 4. The molecule has 2 rings (SSSR count). The van der Waals surface area contributed by atoms with Crippen molar-refractivity contribution in [2.24, 2.45) is 5.41 Å². The van der Waals surface area contributed by atoms with Gasteiger partial charge in [-0.1, -0.05) is 0 Å². The van der Waals surface area contributed by atoms with Gasteiger partial charge in [-0.05, 0) is 36.1 Å². The fourth-order valence-corrected chi connectivity index (χ4v) is 2.68. The number of ether oxygens (including phenoxy) is 1. The maximum Gasteiger partial charge on any atom is 0.265 e. The van der Waals surface area contributed by atoms with Crippen LogP contribution < -0.4 is 10.1 Å². The highest BCUT2D eigenvalue weighted by Crippen LogP contribution is 2.47. The van der Waals surface area contributed by atoms with E-state index < -0.39 is 0 Å². The highest BCUT2D eigenvalue weighted by atomic mass is 32.1. The fourth-order valence-electron chi connectivity index (χ4n) is 1.90. The first kappa shape index (κ1) is 12.4. The van der Waals surface area contributed by atoms with E-state index in [9.17, 15) is 4.79 Å². The highest BCUT2D eigenvalue weighted by molar-refractivity contribution is 7.12. The molecule has 1 aliphatic carbocycles. The van der Waals surface area contributed by atoms with Gasteiger partial charge in [-0.3, -0.25) is 4.79 Å². The van der Waals surface area contributed by atoms with Gasteiger partial charge in [0.2, 0.25) is 0 Å². The van der Waals surface area contributed by atoms with Gasteiger partial charge in [-0.25, -0.2) is 0 Å². The molecule has 5 heteroatoms. The normalized spacial score (nSPS) is 16.6. The summed E-state index contributed by atoms with van der Waals surface area (Å²) in [5.41, 5.74) is 0.148. The van der Waals surface area contributed by atoms with Crippen LogP contribution in [-0.2, 0) is 0 Å². The second-order valence-corrected chi connectivity index (χ2v) is 5.39. The molecule has 1 aliphatic rings. The van der Waals surface area contributed by atoms with E-state index in [2.05, 4.69) is 5.32 Å². The maximum absolute atomic E-state index is 11.9. The minimum atomic E-state index is -0.0823. The summed E-state index contributed by atoms with van der Waals surface area (Å²) >= 11 is 1.38. The van der Waals surface area contributed by atoms with E-state index in [-0.39, 0.29) is 17.9 Å². The third-order valence-corrected chi connectivity index (χ3v) is 4.17. The van der Waals surface area contributed by atoms with Crippen LogP contribution in [0.3, 0.4) is 0 Å². The van der Waals surface area contributed by atoms with Crippen molar-refractivity contribution in [3.63, 3.8) is 0 Å². The molecule has 0 saturated heterocycles. The lowest BCUT2D eigenvalue weighted by atomic mass is 10.0. The highest BCUT2D eigenvalue weighted by Gasteiger charge is 2.42. The number of rotatable bonds is 6. The zero-order valence-electron chi connectivity index (χ0n) is 9.86. The Kier molecular flexibility index (Phi) is 3.69. The number of carbonyl (C=O) groups is 1. The number of carbonyl (C=O) groups excluding carboxylic acids is 1. The Morgan fingerprint density at radius 2 is 2.41 bits per heavy atom. The van der Waals surface area contributed by atoms with Crippen molar-refractivity contribution < 1.29 is 14.6 Å². The molecule has 0 radical (unpaired) electrons. The summed E-state index contributed by atoms with van der Waals surface area (Å²) in [6.07, 6.45) is 2.96. The first-order valence-electron chi connectivity index (χ1n) is 5.71. The lowest BCUT2D eigenvalue weighted by Crippen LogP contribution is -2.30. The molecule has 2 N–H and O–H groups in total. The Balaban J connectivity index is 1.90. The van der Waals surface area contributed by atoms with Gasteiger partial charge in [0.1, 0.15) is 10.6 Å². The Labute approximate surface area is 105 Å². The number of aliphatic hydroxyl groups is 1. The second kappa shape index (κ2) is 5.06. The van der Waals surface area contributed by atoms with E-state index >= 15 is 0 Å². The minimum Gasteiger partial charge on any atom is -0.495 e. The average molecular weight is 255 g/mol. The van der Waals surface area contributed by atoms with Crippen LogP contribution >= 0.6 is 11.3 Å². The predicted octanol–water partition coefficient (Wildman–Crippen LogP) is 1.65. The molecule has 1 fully saturated rings. The Morgan fingerprint density at radius 3 is 3.00 bits per heavy atom. The third-order valence-electron chi connectivity index (χ3n) is 3.28. The van der Waals surface area contributed by atoms with Crippen LogP contribution in [-0.4, -0.2) is 31.3 Å². The smallest absolute Gasteiger partial charge is 0.265 e. The number of nitrogens with one attached hydrogen (secondary N) is 1. The van der Waals surface area contributed by atoms with Gasteiger partial charge in [0, 0.05) is 13.2 Å². The van der Waals surface area contributed by atoms with Crippen LogP contribution in [0.2, 0.25) is 0 Å². The van der Waals surface area contributed by atoms with Crippen LogP contribution in [0.4, 0.5) is 0 Å². The van der Waals surface area contributed by atoms with Crippen molar-refractivity contribution in [1.82, 2.24) is 5.32 Å². The molecule has 1 heterocycles. The molecule has 1 aromatic rings. The lowest BCUT2D eigenvalue weighted by molar-refractivity contribution is 0.0942. The largest absolute Gasteiger partial charge is 0.495 e. The molecule has 17 heavy (non-hydrogen) atoms. The molecule has 0 atom stereocenters. The minimum absolute atomic E-state index is 0.0823. The van der Waals surface area contributed by atoms with Crippen molar-refractivity contribution >= 4 is 17.2 Å². The molecule has 1 amide bonds. The fraction of sp³-hybridized carbons (Fsp3) is 0.583. The molecular weight excluding hydrogens is 238 g/mol. The van der Waals surface area contributed by atoms with Crippen molar-refractivity contribution in [1.29, 1.82) is 0 Å². The van der Waals surface area contributed by atoms with E-state index in [4.69, 9.17) is 9.84 Å². The van der Waals surface area contributed by atoms with Crippen molar-refractivity contribution in [2.75, 3.05) is 20.3 Å². The van der Waals surface area contributed by atoms with Crippen LogP contribution in [0.1, 0.15) is 28.9 Å². The first-order valence-corrected chi connectivity index (χ1v) is 6.59. The summed E-state index contributed by atoms with van der Waals surface area (Å²) < 4.78 is 5.11. The number of amides is 1. The maximum atomic E-state index is 11.9. The summed E-state index contributed by atoms with van der Waals surface area (Å²) in [4.78, 5) is 12.5. The quantitative estimate of drug-likeness (QED) is 0.812. The van der Waals surface area contributed by atoms with Crippen LogP contribution in [0, 0.1) is 5.41 Å². The van der Waals surface area contributed by atoms with E-state index in [0.717, 1.165) is 19.3 Å². The summed E-state index contributed by atoms with van der Waals surface area (Å²) in [5, 5.41) is 13.7. The molecule has 0 spiro atoms. The van der Waals surface area contributed by atoms with Gasteiger partial charge < -0.3 is 15.2 Å². The molecular formula is C12H17NO3S. The van der Waals surface area contributed by atoms with E-state index in [1.165, 1.54) is 11.3 Å². The Hall–Kier alpha value is -1.07. The molecule has 0 bridgehead atoms.